The number of carboxylic acid groups (broad SMARTS) is 1. The van der Waals surface area contributed by atoms with Crippen molar-refractivity contribution in [3.63, 3.8) is 0 Å². The van der Waals surface area contributed by atoms with Crippen molar-refractivity contribution < 1.29 is 19.4 Å². The summed E-state index contributed by atoms with van der Waals surface area (Å²) in [5.74, 6) is 0.0506. The number of rotatable bonds is 4. The second kappa shape index (κ2) is 5.14. The lowest BCUT2D eigenvalue weighted by Gasteiger charge is -2.14. The number of halogens is 1. The van der Waals surface area contributed by atoms with E-state index in [1.165, 1.54) is 0 Å². The first kappa shape index (κ1) is 12.0. The SMILES string of the molecule is C#CCNC(C(=O)O)c1cc(F)ccc1O. The van der Waals surface area contributed by atoms with Crippen molar-refractivity contribution in [1.29, 1.82) is 0 Å². The van der Waals surface area contributed by atoms with Gasteiger partial charge >= 0.3 is 5.97 Å². The molecule has 1 aromatic carbocycles. The second-order valence-electron chi connectivity index (χ2n) is 3.06. The zero-order valence-corrected chi connectivity index (χ0v) is 8.27. The molecule has 16 heavy (non-hydrogen) atoms. The average molecular weight is 223 g/mol. The minimum Gasteiger partial charge on any atom is -0.508 e. The highest BCUT2D eigenvalue weighted by Gasteiger charge is 2.22. The van der Waals surface area contributed by atoms with Crippen LogP contribution in [0.2, 0.25) is 0 Å². The Morgan fingerprint density at radius 2 is 2.31 bits per heavy atom. The van der Waals surface area contributed by atoms with Crippen LogP contribution in [0.25, 0.3) is 0 Å². The smallest absolute Gasteiger partial charge is 0.325 e. The molecule has 0 aliphatic carbocycles. The number of carboxylic acids is 1. The van der Waals surface area contributed by atoms with Crippen molar-refractivity contribution in [3.05, 3.63) is 29.6 Å². The summed E-state index contributed by atoms with van der Waals surface area (Å²) in [5, 5.41) is 20.8. The van der Waals surface area contributed by atoms with Crippen LogP contribution in [0.1, 0.15) is 11.6 Å². The van der Waals surface area contributed by atoms with E-state index in [1.54, 1.807) is 0 Å². The van der Waals surface area contributed by atoms with Crippen molar-refractivity contribution in [2.75, 3.05) is 6.54 Å². The lowest BCUT2D eigenvalue weighted by molar-refractivity contribution is -0.139. The maximum atomic E-state index is 12.9. The molecule has 0 aliphatic heterocycles. The van der Waals surface area contributed by atoms with Gasteiger partial charge in [-0.1, -0.05) is 5.92 Å². The zero-order chi connectivity index (χ0) is 12.1. The molecular formula is C11H10FNO3. The molecule has 1 aromatic rings. The molecule has 0 aliphatic rings. The van der Waals surface area contributed by atoms with Crippen LogP contribution in [-0.4, -0.2) is 22.7 Å². The normalized spacial score (nSPS) is 11.8. The number of hydrogen-bond donors (Lipinski definition) is 3. The van der Waals surface area contributed by atoms with E-state index < -0.39 is 17.8 Å². The fourth-order valence-corrected chi connectivity index (χ4v) is 1.25. The van der Waals surface area contributed by atoms with Gasteiger partial charge in [0.2, 0.25) is 0 Å². The van der Waals surface area contributed by atoms with E-state index >= 15 is 0 Å². The van der Waals surface area contributed by atoms with Gasteiger partial charge in [0.25, 0.3) is 0 Å². The van der Waals surface area contributed by atoms with Gasteiger partial charge in [0.05, 0.1) is 6.54 Å². The molecule has 3 N–H and O–H groups in total. The van der Waals surface area contributed by atoms with Crippen LogP contribution in [-0.2, 0) is 4.79 Å². The Balaban J connectivity index is 3.06. The maximum absolute atomic E-state index is 12.9. The lowest BCUT2D eigenvalue weighted by atomic mass is 10.1. The van der Waals surface area contributed by atoms with E-state index in [4.69, 9.17) is 11.5 Å². The number of phenolic OH excluding ortho intramolecular Hbond substituents is 1. The third kappa shape index (κ3) is 2.72. The van der Waals surface area contributed by atoms with Crippen LogP contribution in [0, 0.1) is 18.2 Å². The fourth-order valence-electron chi connectivity index (χ4n) is 1.25. The molecule has 5 heteroatoms. The minimum absolute atomic E-state index is 0.00687. The van der Waals surface area contributed by atoms with Gasteiger partial charge in [-0.25, -0.2) is 4.39 Å². The number of carbonyl (C=O) groups is 1. The number of terminal acetylenes is 1. The first-order valence-electron chi connectivity index (χ1n) is 4.44. The van der Waals surface area contributed by atoms with E-state index in [0.717, 1.165) is 18.2 Å². The van der Waals surface area contributed by atoms with Crippen molar-refractivity contribution in [2.24, 2.45) is 0 Å². The van der Waals surface area contributed by atoms with Gasteiger partial charge < -0.3 is 10.2 Å². The molecule has 0 fully saturated rings. The van der Waals surface area contributed by atoms with E-state index in [2.05, 4.69) is 11.2 Å². The van der Waals surface area contributed by atoms with Gasteiger partial charge in [0.15, 0.2) is 0 Å². The molecule has 0 heterocycles. The monoisotopic (exact) mass is 223 g/mol. The Kier molecular flexibility index (Phi) is 3.86. The molecule has 1 unspecified atom stereocenters. The largest absolute Gasteiger partial charge is 0.508 e. The quantitative estimate of drug-likeness (QED) is 0.663. The molecule has 1 rings (SSSR count). The van der Waals surface area contributed by atoms with Crippen LogP contribution in [0.4, 0.5) is 4.39 Å². The van der Waals surface area contributed by atoms with E-state index in [0.29, 0.717) is 0 Å². The number of aromatic hydroxyl groups is 1. The Hall–Kier alpha value is -2.06. The van der Waals surface area contributed by atoms with Crippen LogP contribution >= 0.6 is 0 Å². The molecule has 0 saturated carbocycles. The van der Waals surface area contributed by atoms with E-state index in [9.17, 15) is 14.3 Å². The molecule has 1 atom stereocenters. The first-order valence-corrected chi connectivity index (χ1v) is 4.44. The summed E-state index contributed by atoms with van der Waals surface area (Å²) in [5.41, 5.74) is -0.0530. The van der Waals surface area contributed by atoms with Gasteiger partial charge in [-0.2, -0.15) is 0 Å². The molecule has 0 bridgehead atoms. The standard InChI is InChI=1S/C11H10FNO3/c1-2-5-13-10(11(15)16)8-6-7(12)3-4-9(8)14/h1,3-4,6,10,13-14H,5H2,(H,15,16). The Morgan fingerprint density at radius 1 is 1.62 bits per heavy atom. The van der Waals surface area contributed by atoms with Crippen molar-refractivity contribution in [1.82, 2.24) is 5.32 Å². The molecule has 84 valence electrons. The van der Waals surface area contributed by atoms with Crippen molar-refractivity contribution in [3.8, 4) is 18.1 Å². The highest BCUT2D eigenvalue weighted by atomic mass is 19.1. The predicted molar refractivity (Wildman–Crippen MR) is 55.3 cm³/mol. The number of aliphatic carboxylic acids is 1. The molecule has 0 amide bonds. The summed E-state index contributed by atoms with van der Waals surface area (Å²) in [6.45, 7) is 0.00687. The van der Waals surface area contributed by atoms with Gasteiger partial charge in [0, 0.05) is 5.56 Å². The van der Waals surface area contributed by atoms with E-state index in [-0.39, 0.29) is 17.9 Å². The van der Waals surface area contributed by atoms with Crippen LogP contribution in [0.3, 0.4) is 0 Å². The third-order valence-corrected chi connectivity index (χ3v) is 1.96. The summed E-state index contributed by atoms with van der Waals surface area (Å²) in [6, 6.07) is 1.86. The summed E-state index contributed by atoms with van der Waals surface area (Å²) in [4.78, 5) is 10.9. The summed E-state index contributed by atoms with van der Waals surface area (Å²) in [7, 11) is 0. The molecule has 4 nitrogen and oxygen atoms in total. The summed E-state index contributed by atoms with van der Waals surface area (Å²) >= 11 is 0. The van der Waals surface area contributed by atoms with Crippen molar-refractivity contribution >= 4 is 5.97 Å². The molecule has 0 aromatic heterocycles. The molecular weight excluding hydrogens is 213 g/mol. The van der Waals surface area contributed by atoms with Crippen LogP contribution in [0.5, 0.6) is 5.75 Å². The third-order valence-electron chi connectivity index (χ3n) is 1.96. The molecule has 0 radical (unpaired) electrons. The lowest BCUT2D eigenvalue weighted by Crippen LogP contribution is -2.28. The number of nitrogens with one attached hydrogen (secondary N) is 1. The van der Waals surface area contributed by atoms with Gasteiger partial charge in [0.1, 0.15) is 17.6 Å². The molecule has 0 saturated heterocycles. The highest BCUT2D eigenvalue weighted by Crippen LogP contribution is 2.25. The van der Waals surface area contributed by atoms with Crippen molar-refractivity contribution in [2.45, 2.75) is 6.04 Å². The second-order valence-corrected chi connectivity index (χ2v) is 3.06. The number of hydrogen-bond acceptors (Lipinski definition) is 3. The Bertz CT molecular complexity index is 439. The van der Waals surface area contributed by atoms with Crippen LogP contribution in [0.15, 0.2) is 18.2 Å². The fraction of sp³-hybridized carbons (Fsp3) is 0.182. The maximum Gasteiger partial charge on any atom is 0.325 e. The first-order chi connectivity index (χ1) is 7.56. The summed E-state index contributed by atoms with van der Waals surface area (Å²) < 4.78 is 12.9. The highest BCUT2D eigenvalue weighted by molar-refractivity contribution is 5.76. The molecule has 0 spiro atoms. The average Bonchev–Trinajstić information content (AvgIpc) is 2.23. The minimum atomic E-state index is -1.24. The van der Waals surface area contributed by atoms with Gasteiger partial charge in [-0.15, -0.1) is 6.42 Å². The van der Waals surface area contributed by atoms with E-state index in [1.807, 2.05) is 0 Å². The van der Waals surface area contributed by atoms with Crippen LogP contribution < -0.4 is 5.32 Å². The summed E-state index contributed by atoms with van der Waals surface area (Å²) in [6.07, 6.45) is 4.98. The van der Waals surface area contributed by atoms with Gasteiger partial charge in [-0.3, -0.25) is 10.1 Å². The number of benzene rings is 1. The topological polar surface area (TPSA) is 69.6 Å². The number of phenols is 1. The zero-order valence-electron chi connectivity index (χ0n) is 8.27. The van der Waals surface area contributed by atoms with Gasteiger partial charge in [-0.05, 0) is 18.2 Å². The predicted octanol–water partition coefficient (Wildman–Crippen LogP) is 0.880. The Labute approximate surface area is 91.7 Å². The Morgan fingerprint density at radius 3 is 2.88 bits per heavy atom.